The maximum absolute atomic E-state index is 12.0. The number of benzene rings is 1. The summed E-state index contributed by atoms with van der Waals surface area (Å²) in [5, 5.41) is 2.88. The number of anilines is 1. The minimum atomic E-state index is -0.0461. The third kappa shape index (κ3) is 3.74. The monoisotopic (exact) mass is 347 g/mol. The molecule has 2 aromatic rings. The van der Waals surface area contributed by atoms with E-state index >= 15 is 0 Å². The van der Waals surface area contributed by atoms with Gasteiger partial charge < -0.3 is 15.6 Å². The quantitative estimate of drug-likeness (QED) is 0.871. The van der Waals surface area contributed by atoms with Gasteiger partial charge in [-0.15, -0.1) is 0 Å². The molecule has 0 radical (unpaired) electrons. The number of nitrogens with one attached hydrogen (secondary N) is 1. The summed E-state index contributed by atoms with van der Waals surface area (Å²) >= 11 is 3.39. The van der Waals surface area contributed by atoms with Crippen LogP contribution in [-0.4, -0.2) is 10.5 Å². The van der Waals surface area contributed by atoms with Gasteiger partial charge in [-0.05, 0) is 48.6 Å². The van der Waals surface area contributed by atoms with Crippen molar-refractivity contribution in [3.63, 3.8) is 0 Å². The first-order valence-electron chi connectivity index (χ1n) is 7.08. The van der Waals surface area contributed by atoms with Crippen LogP contribution in [0.2, 0.25) is 0 Å². The van der Waals surface area contributed by atoms with Crippen molar-refractivity contribution in [1.82, 2.24) is 4.57 Å². The second kappa shape index (κ2) is 6.03. The van der Waals surface area contributed by atoms with Crippen LogP contribution in [0, 0.1) is 5.92 Å². The van der Waals surface area contributed by atoms with Gasteiger partial charge in [-0.2, -0.15) is 0 Å². The van der Waals surface area contributed by atoms with Gasteiger partial charge in [-0.25, -0.2) is 0 Å². The summed E-state index contributed by atoms with van der Waals surface area (Å²) in [5.41, 5.74) is 8.07. The zero-order valence-electron chi connectivity index (χ0n) is 11.6. The SMILES string of the molecule is NC(c1ccn(CC(=O)Nc2cccc(Br)c2)c1)C1CC1. The highest BCUT2D eigenvalue weighted by atomic mass is 79.9. The van der Waals surface area contributed by atoms with Gasteiger partial charge in [0.1, 0.15) is 6.54 Å². The van der Waals surface area contributed by atoms with Crippen LogP contribution in [0.1, 0.15) is 24.4 Å². The second-order valence-corrected chi connectivity index (χ2v) is 6.45. The molecular formula is C16H18BrN3O. The number of nitrogens with two attached hydrogens (primary N) is 1. The number of hydrogen-bond donors (Lipinski definition) is 2. The van der Waals surface area contributed by atoms with Crippen LogP contribution >= 0.6 is 15.9 Å². The first-order valence-corrected chi connectivity index (χ1v) is 7.88. The van der Waals surface area contributed by atoms with Crippen LogP contribution in [0.25, 0.3) is 0 Å². The zero-order valence-corrected chi connectivity index (χ0v) is 13.2. The van der Waals surface area contributed by atoms with Crippen molar-refractivity contribution in [2.24, 2.45) is 11.7 Å². The molecule has 4 nitrogen and oxygen atoms in total. The molecule has 0 bridgehead atoms. The molecule has 1 fully saturated rings. The van der Waals surface area contributed by atoms with Gasteiger partial charge in [-0.3, -0.25) is 4.79 Å². The van der Waals surface area contributed by atoms with Crippen LogP contribution in [0.4, 0.5) is 5.69 Å². The lowest BCUT2D eigenvalue weighted by Gasteiger charge is -2.08. The fourth-order valence-electron chi connectivity index (χ4n) is 2.41. The van der Waals surface area contributed by atoms with Crippen molar-refractivity contribution in [1.29, 1.82) is 0 Å². The van der Waals surface area contributed by atoms with E-state index in [1.165, 1.54) is 12.8 Å². The average molecular weight is 348 g/mol. The van der Waals surface area contributed by atoms with E-state index in [1.807, 2.05) is 47.3 Å². The van der Waals surface area contributed by atoms with E-state index < -0.39 is 0 Å². The highest BCUT2D eigenvalue weighted by Gasteiger charge is 2.29. The fourth-order valence-corrected chi connectivity index (χ4v) is 2.81. The first kappa shape index (κ1) is 14.4. The third-order valence-corrected chi connectivity index (χ3v) is 4.22. The Balaban J connectivity index is 1.59. The summed E-state index contributed by atoms with van der Waals surface area (Å²) < 4.78 is 2.82. The normalized spacial score (nSPS) is 15.7. The molecule has 1 saturated carbocycles. The molecule has 1 atom stereocenters. The van der Waals surface area contributed by atoms with Gasteiger partial charge in [0.05, 0.1) is 0 Å². The summed E-state index contributed by atoms with van der Waals surface area (Å²) in [4.78, 5) is 12.0. The van der Waals surface area contributed by atoms with Gasteiger partial charge in [0.25, 0.3) is 0 Å². The summed E-state index contributed by atoms with van der Waals surface area (Å²) in [6.45, 7) is 0.296. The van der Waals surface area contributed by atoms with Crippen molar-refractivity contribution in [3.8, 4) is 0 Å². The number of carbonyl (C=O) groups is 1. The lowest BCUT2D eigenvalue weighted by Crippen LogP contribution is -2.18. The topological polar surface area (TPSA) is 60.0 Å². The molecule has 5 heteroatoms. The number of rotatable bonds is 5. The molecule has 21 heavy (non-hydrogen) atoms. The third-order valence-electron chi connectivity index (χ3n) is 3.72. The van der Waals surface area contributed by atoms with E-state index in [0.717, 1.165) is 15.7 Å². The molecule has 3 N–H and O–H groups in total. The van der Waals surface area contributed by atoms with Crippen LogP contribution in [0.3, 0.4) is 0 Å². The number of amides is 1. The van der Waals surface area contributed by atoms with Gasteiger partial charge in [0, 0.05) is 28.6 Å². The molecule has 1 aliphatic rings. The Hall–Kier alpha value is -1.59. The molecule has 110 valence electrons. The highest BCUT2D eigenvalue weighted by molar-refractivity contribution is 9.10. The summed E-state index contributed by atoms with van der Waals surface area (Å²) in [7, 11) is 0. The molecule has 1 unspecified atom stereocenters. The molecule has 3 rings (SSSR count). The van der Waals surface area contributed by atoms with E-state index in [0.29, 0.717) is 12.5 Å². The van der Waals surface area contributed by atoms with E-state index in [1.54, 1.807) is 0 Å². The molecule has 1 amide bonds. The molecule has 1 aromatic carbocycles. The Labute approximate surface area is 132 Å². The maximum atomic E-state index is 12.0. The molecule has 0 spiro atoms. The van der Waals surface area contributed by atoms with Crippen molar-refractivity contribution in [2.75, 3.05) is 5.32 Å². The lowest BCUT2D eigenvalue weighted by atomic mass is 10.1. The fraction of sp³-hybridized carbons (Fsp3) is 0.312. The number of aromatic nitrogens is 1. The van der Waals surface area contributed by atoms with E-state index in [4.69, 9.17) is 5.73 Å². The standard InChI is InChI=1S/C16H18BrN3O/c17-13-2-1-3-14(8-13)19-15(21)10-20-7-6-12(9-20)16(18)11-4-5-11/h1-3,6-9,11,16H,4-5,10,18H2,(H,19,21). The summed E-state index contributed by atoms with van der Waals surface area (Å²) in [6.07, 6.45) is 6.33. The average Bonchev–Trinajstić information content (AvgIpc) is 3.18. The maximum Gasteiger partial charge on any atom is 0.244 e. The first-order chi connectivity index (χ1) is 10.1. The van der Waals surface area contributed by atoms with Gasteiger partial charge in [0.2, 0.25) is 5.91 Å². The van der Waals surface area contributed by atoms with Crippen molar-refractivity contribution < 1.29 is 4.79 Å². The van der Waals surface area contributed by atoms with E-state index in [9.17, 15) is 4.79 Å². The molecule has 1 aromatic heterocycles. The van der Waals surface area contributed by atoms with Gasteiger partial charge in [-0.1, -0.05) is 22.0 Å². The predicted molar refractivity (Wildman–Crippen MR) is 86.9 cm³/mol. The number of nitrogens with zero attached hydrogens (tertiary/aromatic N) is 1. The smallest absolute Gasteiger partial charge is 0.244 e. The minimum absolute atomic E-state index is 0.0461. The Morgan fingerprint density at radius 1 is 1.43 bits per heavy atom. The molecule has 1 aliphatic carbocycles. The Morgan fingerprint density at radius 3 is 2.95 bits per heavy atom. The van der Waals surface area contributed by atoms with Crippen molar-refractivity contribution >= 4 is 27.5 Å². The number of hydrogen-bond acceptors (Lipinski definition) is 2. The van der Waals surface area contributed by atoms with Crippen LogP contribution in [0.5, 0.6) is 0 Å². The largest absolute Gasteiger partial charge is 0.345 e. The van der Waals surface area contributed by atoms with Gasteiger partial charge in [0.15, 0.2) is 0 Å². The van der Waals surface area contributed by atoms with Crippen molar-refractivity contribution in [3.05, 3.63) is 52.8 Å². The van der Waals surface area contributed by atoms with E-state index in [2.05, 4.69) is 21.2 Å². The van der Waals surface area contributed by atoms with Crippen LogP contribution < -0.4 is 11.1 Å². The molecule has 1 heterocycles. The Morgan fingerprint density at radius 2 is 2.24 bits per heavy atom. The minimum Gasteiger partial charge on any atom is -0.345 e. The van der Waals surface area contributed by atoms with Crippen LogP contribution in [-0.2, 0) is 11.3 Å². The lowest BCUT2D eigenvalue weighted by molar-refractivity contribution is -0.116. The Bertz CT molecular complexity index is 648. The zero-order chi connectivity index (χ0) is 14.8. The second-order valence-electron chi connectivity index (χ2n) is 5.54. The number of halogens is 1. The van der Waals surface area contributed by atoms with E-state index in [-0.39, 0.29) is 11.9 Å². The predicted octanol–water partition coefficient (Wildman–Crippen LogP) is 3.30. The summed E-state index contributed by atoms with van der Waals surface area (Å²) in [6, 6.07) is 9.68. The van der Waals surface area contributed by atoms with Gasteiger partial charge >= 0.3 is 0 Å². The highest BCUT2D eigenvalue weighted by Crippen LogP contribution is 2.39. The van der Waals surface area contributed by atoms with Crippen LogP contribution in [0.15, 0.2) is 47.2 Å². The molecule has 0 saturated heterocycles. The number of carbonyl (C=O) groups excluding carboxylic acids is 1. The summed E-state index contributed by atoms with van der Waals surface area (Å²) in [5.74, 6) is 0.576. The molecular weight excluding hydrogens is 330 g/mol. The molecule has 0 aliphatic heterocycles. The van der Waals surface area contributed by atoms with Crippen molar-refractivity contribution in [2.45, 2.75) is 25.4 Å². The Kier molecular flexibility index (Phi) is 4.12.